The van der Waals surface area contributed by atoms with Gasteiger partial charge in [-0.05, 0) is 12.1 Å². The van der Waals surface area contributed by atoms with Gasteiger partial charge in [-0.3, -0.25) is 0 Å². The van der Waals surface area contributed by atoms with E-state index in [2.05, 4.69) is 15.0 Å². The van der Waals surface area contributed by atoms with E-state index in [1.807, 2.05) is 0 Å². The standard InChI is InChI=1S/C11H7Cl3N2O2S/c1-18-10(17)8-9(14)16-11(19-8)15-7-5(12)3-2-4-6(7)13/h2-4H,1H3,(H,15,16). The topological polar surface area (TPSA) is 51.2 Å². The van der Waals surface area contributed by atoms with Crippen LogP contribution in [0.5, 0.6) is 0 Å². The van der Waals surface area contributed by atoms with Crippen LogP contribution in [-0.2, 0) is 4.74 Å². The summed E-state index contributed by atoms with van der Waals surface area (Å²) < 4.78 is 4.60. The van der Waals surface area contributed by atoms with Gasteiger partial charge in [0.1, 0.15) is 0 Å². The summed E-state index contributed by atoms with van der Waals surface area (Å²) in [5.74, 6) is -0.541. The Bertz CT molecular complexity index is 610. The van der Waals surface area contributed by atoms with Crippen LogP contribution in [0.25, 0.3) is 0 Å². The summed E-state index contributed by atoms with van der Waals surface area (Å²) in [6.07, 6.45) is 0. The molecule has 0 radical (unpaired) electrons. The van der Waals surface area contributed by atoms with Gasteiger partial charge in [0.2, 0.25) is 0 Å². The monoisotopic (exact) mass is 336 g/mol. The molecule has 0 bridgehead atoms. The second kappa shape index (κ2) is 5.96. The zero-order chi connectivity index (χ0) is 14.0. The maximum Gasteiger partial charge on any atom is 0.351 e. The van der Waals surface area contributed by atoms with Crippen molar-refractivity contribution in [3.05, 3.63) is 38.3 Å². The van der Waals surface area contributed by atoms with E-state index in [4.69, 9.17) is 34.8 Å². The first kappa shape index (κ1) is 14.4. The third-order valence-electron chi connectivity index (χ3n) is 2.15. The van der Waals surface area contributed by atoms with Crippen LogP contribution in [0.2, 0.25) is 15.2 Å². The average Bonchev–Trinajstić information content (AvgIpc) is 2.74. The molecule has 19 heavy (non-hydrogen) atoms. The second-order valence-electron chi connectivity index (χ2n) is 3.35. The lowest BCUT2D eigenvalue weighted by molar-refractivity contribution is 0.0606. The van der Waals surface area contributed by atoms with Gasteiger partial charge in [0.25, 0.3) is 0 Å². The highest BCUT2D eigenvalue weighted by molar-refractivity contribution is 7.18. The molecule has 100 valence electrons. The van der Waals surface area contributed by atoms with Gasteiger partial charge in [-0.1, -0.05) is 52.2 Å². The number of nitrogens with zero attached hydrogens (tertiary/aromatic N) is 1. The summed E-state index contributed by atoms with van der Waals surface area (Å²) in [5, 5.41) is 4.29. The SMILES string of the molecule is COC(=O)c1sc(Nc2c(Cl)cccc2Cl)nc1Cl. The Hall–Kier alpha value is -1.01. The van der Waals surface area contributed by atoms with E-state index >= 15 is 0 Å². The molecule has 1 heterocycles. The fourth-order valence-corrected chi connectivity index (χ4v) is 2.90. The van der Waals surface area contributed by atoms with E-state index in [0.717, 1.165) is 11.3 Å². The number of ether oxygens (including phenoxy) is 1. The molecular formula is C11H7Cl3N2O2S. The molecule has 0 fully saturated rings. The number of benzene rings is 1. The van der Waals surface area contributed by atoms with Crippen LogP contribution < -0.4 is 5.32 Å². The lowest BCUT2D eigenvalue weighted by Crippen LogP contribution is -1.98. The van der Waals surface area contributed by atoms with Crippen molar-refractivity contribution in [3.63, 3.8) is 0 Å². The van der Waals surface area contributed by atoms with Crippen LogP contribution in [0.4, 0.5) is 10.8 Å². The summed E-state index contributed by atoms with van der Waals surface area (Å²) >= 11 is 19.0. The molecule has 0 saturated heterocycles. The number of methoxy groups -OCH3 is 1. The molecule has 2 rings (SSSR count). The smallest absolute Gasteiger partial charge is 0.351 e. The largest absolute Gasteiger partial charge is 0.465 e. The second-order valence-corrected chi connectivity index (χ2v) is 5.52. The Labute approximate surface area is 128 Å². The minimum Gasteiger partial charge on any atom is -0.465 e. The van der Waals surface area contributed by atoms with Gasteiger partial charge in [0, 0.05) is 0 Å². The molecule has 0 unspecified atom stereocenters. The number of halogens is 3. The van der Waals surface area contributed by atoms with Crippen LogP contribution in [0, 0.1) is 0 Å². The quantitative estimate of drug-likeness (QED) is 0.829. The molecule has 0 spiro atoms. The molecule has 2 aromatic rings. The molecule has 1 aromatic carbocycles. The fourth-order valence-electron chi connectivity index (χ4n) is 1.30. The molecule has 1 N–H and O–H groups in total. The number of rotatable bonds is 3. The summed E-state index contributed by atoms with van der Waals surface area (Å²) in [7, 11) is 1.27. The van der Waals surface area contributed by atoms with E-state index in [-0.39, 0.29) is 10.0 Å². The zero-order valence-electron chi connectivity index (χ0n) is 9.54. The Morgan fingerprint density at radius 2 is 1.95 bits per heavy atom. The third-order valence-corrected chi connectivity index (χ3v) is 4.12. The Morgan fingerprint density at radius 3 is 2.53 bits per heavy atom. The molecule has 0 saturated carbocycles. The predicted octanol–water partition coefficient (Wildman–Crippen LogP) is 4.63. The number of carbonyl (C=O) groups is 1. The normalized spacial score (nSPS) is 10.3. The lowest BCUT2D eigenvalue weighted by Gasteiger charge is -2.06. The van der Waals surface area contributed by atoms with Crippen molar-refractivity contribution in [2.75, 3.05) is 12.4 Å². The molecule has 0 amide bonds. The first-order valence-corrected chi connectivity index (χ1v) is 6.93. The summed E-state index contributed by atoms with van der Waals surface area (Å²) in [4.78, 5) is 15.6. The first-order chi connectivity index (χ1) is 9.02. The molecule has 0 aliphatic rings. The lowest BCUT2D eigenvalue weighted by atomic mass is 10.3. The molecule has 0 aliphatic carbocycles. The van der Waals surface area contributed by atoms with E-state index < -0.39 is 5.97 Å². The molecule has 4 nitrogen and oxygen atoms in total. The summed E-state index contributed by atoms with van der Waals surface area (Å²) in [5.41, 5.74) is 0.507. The number of carbonyl (C=O) groups excluding carboxylic acids is 1. The van der Waals surface area contributed by atoms with Crippen molar-refractivity contribution in [1.82, 2.24) is 4.98 Å². The Kier molecular flexibility index (Phi) is 4.52. The molecule has 0 aliphatic heterocycles. The summed E-state index contributed by atoms with van der Waals surface area (Å²) in [6, 6.07) is 5.10. The van der Waals surface area contributed by atoms with Crippen molar-refractivity contribution >= 4 is 62.9 Å². The van der Waals surface area contributed by atoms with Crippen molar-refractivity contribution < 1.29 is 9.53 Å². The highest BCUT2D eigenvalue weighted by Gasteiger charge is 2.18. The van der Waals surface area contributed by atoms with Gasteiger partial charge >= 0.3 is 5.97 Å². The number of para-hydroxylation sites is 1. The molecular weight excluding hydrogens is 331 g/mol. The van der Waals surface area contributed by atoms with Gasteiger partial charge in [-0.2, -0.15) is 0 Å². The van der Waals surface area contributed by atoms with E-state index in [9.17, 15) is 4.79 Å². The average molecular weight is 338 g/mol. The Balaban J connectivity index is 2.32. The minimum atomic E-state index is -0.541. The van der Waals surface area contributed by atoms with E-state index in [0.29, 0.717) is 20.9 Å². The number of hydrogen-bond donors (Lipinski definition) is 1. The van der Waals surface area contributed by atoms with Crippen molar-refractivity contribution in [1.29, 1.82) is 0 Å². The predicted molar refractivity (Wildman–Crippen MR) is 78.2 cm³/mol. The van der Waals surface area contributed by atoms with E-state index in [1.54, 1.807) is 18.2 Å². The van der Waals surface area contributed by atoms with Gasteiger partial charge in [0.15, 0.2) is 15.2 Å². The van der Waals surface area contributed by atoms with Crippen molar-refractivity contribution in [2.45, 2.75) is 0 Å². The van der Waals surface area contributed by atoms with Crippen LogP contribution >= 0.6 is 46.1 Å². The van der Waals surface area contributed by atoms with Crippen LogP contribution in [0.15, 0.2) is 18.2 Å². The molecule has 0 atom stereocenters. The highest BCUT2D eigenvalue weighted by atomic mass is 35.5. The van der Waals surface area contributed by atoms with Crippen molar-refractivity contribution in [3.8, 4) is 0 Å². The number of hydrogen-bond acceptors (Lipinski definition) is 5. The minimum absolute atomic E-state index is 0.0718. The number of thiazole rings is 1. The maximum absolute atomic E-state index is 11.4. The number of aromatic nitrogens is 1. The number of esters is 1. The zero-order valence-corrected chi connectivity index (χ0v) is 12.6. The Morgan fingerprint density at radius 1 is 1.32 bits per heavy atom. The van der Waals surface area contributed by atoms with Crippen LogP contribution in [-0.4, -0.2) is 18.1 Å². The third kappa shape index (κ3) is 3.12. The van der Waals surface area contributed by atoms with Crippen LogP contribution in [0.3, 0.4) is 0 Å². The number of nitrogens with one attached hydrogen (secondary N) is 1. The highest BCUT2D eigenvalue weighted by Crippen LogP contribution is 2.35. The van der Waals surface area contributed by atoms with Gasteiger partial charge < -0.3 is 10.1 Å². The first-order valence-electron chi connectivity index (χ1n) is 4.98. The molecule has 1 aromatic heterocycles. The summed E-state index contributed by atoms with van der Waals surface area (Å²) in [6.45, 7) is 0. The van der Waals surface area contributed by atoms with Crippen molar-refractivity contribution in [2.24, 2.45) is 0 Å². The van der Waals surface area contributed by atoms with Crippen LogP contribution in [0.1, 0.15) is 9.67 Å². The number of anilines is 2. The van der Waals surface area contributed by atoms with E-state index in [1.165, 1.54) is 7.11 Å². The maximum atomic E-state index is 11.4. The van der Waals surface area contributed by atoms with Gasteiger partial charge in [-0.15, -0.1) is 0 Å². The van der Waals surface area contributed by atoms with Gasteiger partial charge in [0.05, 0.1) is 22.8 Å². The van der Waals surface area contributed by atoms with Gasteiger partial charge in [-0.25, -0.2) is 9.78 Å². The molecule has 8 heteroatoms. The fraction of sp³-hybridized carbons (Fsp3) is 0.0909.